The molecule has 2 rings (SSSR count). The quantitative estimate of drug-likeness (QED) is 0.597. The maximum Gasteiger partial charge on any atom is 0.330 e. The van der Waals surface area contributed by atoms with E-state index in [2.05, 4.69) is 10.6 Å². The summed E-state index contributed by atoms with van der Waals surface area (Å²) in [4.78, 5) is 36.8. The lowest BCUT2D eigenvalue weighted by Crippen LogP contribution is -2.77. The first-order valence-corrected chi connectivity index (χ1v) is 10.1. The van der Waals surface area contributed by atoms with Gasteiger partial charge in [0.2, 0.25) is 11.8 Å². The van der Waals surface area contributed by atoms with E-state index in [1.165, 1.54) is 6.42 Å². The van der Waals surface area contributed by atoms with E-state index in [0.717, 1.165) is 25.7 Å². The maximum absolute atomic E-state index is 12.6. The van der Waals surface area contributed by atoms with E-state index in [1.807, 2.05) is 6.92 Å². The molecule has 0 aromatic rings. The molecule has 2 aliphatic carbocycles. The highest BCUT2D eigenvalue weighted by atomic mass is 16.5. The van der Waals surface area contributed by atoms with Crippen molar-refractivity contribution in [3.8, 4) is 0 Å². The van der Waals surface area contributed by atoms with Gasteiger partial charge in [-0.05, 0) is 32.6 Å². The van der Waals surface area contributed by atoms with Crippen LogP contribution in [0.2, 0.25) is 0 Å². The summed E-state index contributed by atoms with van der Waals surface area (Å²) in [5, 5.41) is 15.2. The van der Waals surface area contributed by atoms with E-state index in [4.69, 9.17) is 4.74 Å². The van der Waals surface area contributed by atoms with Crippen molar-refractivity contribution >= 4 is 17.8 Å². The standard InChI is InChI=1S/C20H34N2O5/c1-5-27-15-12-20(18(25)26,19(15,3)4)22-17(24)13(2)21-16(23)11-14-9-7-6-8-10-14/h13-15H,5-12H2,1-4H3,(H,21,23)(H,22,24)(H,25,26). The van der Waals surface area contributed by atoms with Crippen LogP contribution >= 0.6 is 0 Å². The second-order valence-electron chi connectivity index (χ2n) is 8.57. The van der Waals surface area contributed by atoms with E-state index in [0.29, 0.717) is 18.9 Å². The van der Waals surface area contributed by atoms with Crippen LogP contribution in [0, 0.1) is 11.3 Å². The van der Waals surface area contributed by atoms with Gasteiger partial charge in [0.25, 0.3) is 0 Å². The molecule has 3 unspecified atom stereocenters. The van der Waals surface area contributed by atoms with Crippen molar-refractivity contribution in [2.45, 2.75) is 90.3 Å². The van der Waals surface area contributed by atoms with E-state index < -0.39 is 28.9 Å². The van der Waals surface area contributed by atoms with Crippen LogP contribution in [0.15, 0.2) is 0 Å². The third-order valence-electron chi connectivity index (χ3n) is 6.44. The minimum Gasteiger partial charge on any atom is -0.479 e. The molecule has 154 valence electrons. The van der Waals surface area contributed by atoms with Crippen molar-refractivity contribution in [1.82, 2.24) is 10.6 Å². The molecule has 0 aliphatic heterocycles. The first-order chi connectivity index (χ1) is 12.6. The molecule has 2 aliphatic rings. The van der Waals surface area contributed by atoms with Gasteiger partial charge in [0.05, 0.1) is 6.10 Å². The zero-order valence-electron chi connectivity index (χ0n) is 17.0. The van der Waals surface area contributed by atoms with E-state index >= 15 is 0 Å². The lowest BCUT2D eigenvalue weighted by atomic mass is 9.54. The Balaban J connectivity index is 1.93. The summed E-state index contributed by atoms with van der Waals surface area (Å²) in [6.45, 7) is 7.52. The van der Waals surface area contributed by atoms with Gasteiger partial charge in [-0.25, -0.2) is 4.79 Å². The Morgan fingerprint density at radius 3 is 2.33 bits per heavy atom. The van der Waals surface area contributed by atoms with Gasteiger partial charge in [-0.2, -0.15) is 0 Å². The zero-order valence-corrected chi connectivity index (χ0v) is 17.0. The fourth-order valence-corrected chi connectivity index (χ4v) is 4.37. The van der Waals surface area contributed by atoms with Crippen LogP contribution in [-0.4, -0.2) is 47.2 Å². The van der Waals surface area contributed by atoms with Gasteiger partial charge >= 0.3 is 5.97 Å². The van der Waals surface area contributed by atoms with E-state index in [1.54, 1.807) is 20.8 Å². The van der Waals surface area contributed by atoms with Crippen LogP contribution < -0.4 is 10.6 Å². The number of hydrogen-bond acceptors (Lipinski definition) is 4. The highest BCUT2D eigenvalue weighted by molar-refractivity contribution is 5.93. The number of rotatable bonds is 8. The van der Waals surface area contributed by atoms with Crippen molar-refractivity contribution in [3.63, 3.8) is 0 Å². The van der Waals surface area contributed by atoms with Crippen LogP contribution in [-0.2, 0) is 19.1 Å². The molecule has 0 saturated heterocycles. The summed E-state index contributed by atoms with van der Waals surface area (Å²) in [5.41, 5.74) is -2.12. The Kier molecular flexibility index (Phi) is 6.89. The summed E-state index contributed by atoms with van der Waals surface area (Å²) >= 11 is 0. The Morgan fingerprint density at radius 1 is 1.19 bits per heavy atom. The van der Waals surface area contributed by atoms with Gasteiger partial charge in [0.1, 0.15) is 11.6 Å². The molecule has 2 amide bonds. The fourth-order valence-electron chi connectivity index (χ4n) is 4.37. The van der Waals surface area contributed by atoms with Crippen LogP contribution in [0.3, 0.4) is 0 Å². The van der Waals surface area contributed by atoms with Crippen LogP contribution in [0.5, 0.6) is 0 Å². The second-order valence-corrected chi connectivity index (χ2v) is 8.57. The minimum atomic E-state index is -1.38. The van der Waals surface area contributed by atoms with Crippen LogP contribution in [0.4, 0.5) is 0 Å². The van der Waals surface area contributed by atoms with Gasteiger partial charge < -0.3 is 20.5 Å². The van der Waals surface area contributed by atoms with Gasteiger partial charge in [-0.3, -0.25) is 9.59 Å². The maximum atomic E-state index is 12.6. The molecule has 7 heteroatoms. The monoisotopic (exact) mass is 382 g/mol. The number of carboxylic acid groups (broad SMARTS) is 1. The Morgan fingerprint density at radius 2 is 1.81 bits per heavy atom. The lowest BCUT2D eigenvalue weighted by Gasteiger charge is -2.58. The second kappa shape index (κ2) is 8.59. The molecule has 3 N–H and O–H groups in total. The van der Waals surface area contributed by atoms with Crippen molar-refractivity contribution in [1.29, 1.82) is 0 Å². The molecule has 2 saturated carbocycles. The molecule has 3 atom stereocenters. The largest absolute Gasteiger partial charge is 0.479 e. The molecule has 0 aromatic carbocycles. The number of hydrogen-bond donors (Lipinski definition) is 3. The molecule has 0 aromatic heterocycles. The predicted molar refractivity (Wildman–Crippen MR) is 101 cm³/mol. The third kappa shape index (κ3) is 4.45. The SMILES string of the molecule is CCOC1CC(NC(=O)C(C)NC(=O)CC2CCCCC2)(C(=O)O)C1(C)C. The van der Waals surface area contributed by atoms with Gasteiger partial charge in [-0.15, -0.1) is 0 Å². The number of ether oxygens (including phenoxy) is 1. The van der Waals surface area contributed by atoms with E-state index in [9.17, 15) is 19.5 Å². The summed E-state index contributed by atoms with van der Waals surface area (Å²) < 4.78 is 5.61. The molecule has 7 nitrogen and oxygen atoms in total. The number of nitrogens with one attached hydrogen (secondary N) is 2. The number of carbonyl (C=O) groups excluding carboxylic acids is 2. The summed E-state index contributed by atoms with van der Waals surface area (Å²) in [5.74, 6) is -1.30. The Bertz CT molecular complexity index is 571. The molecule has 0 radical (unpaired) electrons. The van der Waals surface area contributed by atoms with E-state index in [-0.39, 0.29) is 18.4 Å². The van der Waals surface area contributed by atoms with Crippen molar-refractivity contribution in [2.24, 2.45) is 11.3 Å². The van der Waals surface area contributed by atoms with Crippen LogP contribution in [0.1, 0.15) is 72.6 Å². The first-order valence-electron chi connectivity index (χ1n) is 10.1. The number of carboxylic acids is 1. The summed E-state index contributed by atoms with van der Waals surface area (Å²) in [6.07, 6.45) is 6.09. The first kappa shape index (κ1) is 21.7. The molecule has 27 heavy (non-hydrogen) atoms. The zero-order chi connectivity index (χ0) is 20.2. The average molecular weight is 383 g/mol. The third-order valence-corrected chi connectivity index (χ3v) is 6.44. The van der Waals surface area contributed by atoms with Crippen molar-refractivity contribution < 1.29 is 24.2 Å². The summed E-state index contributed by atoms with van der Waals surface area (Å²) in [7, 11) is 0. The smallest absolute Gasteiger partial charge is 0.330 e. The van der Waals surface area contributed by atoms with Crippen LogP contribution in [0.25, 0.3) is 0 Å². The van der Waals surface area contributed by atoms with Gasteiger partial charge in [0.15, 0.2) is 0 Å². The van der Waals surface area contributed by atoms with Crippen molar-refractivity contribution in [3.05, 3.63) is 0 Å². The Hall–Kier alpha value is -1.63. The molecule has 0 spiro atoms. The topological polar surface area (TPSA) is 105 Å². The number of carbonyl (C=O) groups is 3. The molecular formula is C20H34N2O5. The molecule has 0 bridgehead atoms. The fraction of sp³-hybridized carbons (Fsp3) is 0.850. The van der Waals surface area contributed by atoms with Gasteiger partial charge in [0, 0.05) is 24.9 Å². The normalized spacial score (nSPS) is 28.7. The highest BCUT2D eigenvalue weighted by Crippen LogP contribution is 2.51. The lowest BCUT2D eigenvalue weighted by molar-refractivity contribution is -0.194. The minimum absolute atomic E-state index is 0.144. The Labute approximate surface area is 161 Å². The molecular weight excluding hydrogens is 348 g/mol. The predicted octanol–water partition coefficient (Wildman–Crippen LogP) is 2.24. The number of aliphatic carboxylic acids is 1. The van der Waals surface area contributed by atoms with Gasteiger partial charge in [-0.1, -0.05) is 33.1 Å². The molecule has 2 fully saturated rings. The highest BCUT2D eigenvalue weighted by Gasteiger charge is 2.66. The summed E-state index contributed by atoms with van der Waals surface area (Å²) in [6, 6.07) is -0.778. The number of amides is 2. The van der Waals surface area contributed by atoms with Crippen molar-refractivity contribution in [2.75, 3.05) is 6.61 Å². The average Bonchev–Trinajstić information content (AvgIpc) is 2.60. The molecule has 0 heterocycles.